The molecule has 0 radical (unpaired) electrons. The number of hydrogen-bond acceptors (Lipinski definition) is 12. The Morgan fingerprint density at radius 1 is 0.756 bits per heavy atom. The lowest BCUT2D eigenvalue weighted by Gasteiger charge is -2.44. The summed E-state index contributed by atoms with van der Waals surface area (Å²) in [6.07, 6.45) is 13.4. The smallest absolute Gasteiger partial charge is 0.416 e. The molecule has 0 aromatic heterocycles. The van der Waals surface area contributed by atoms with Gasteiger partial charge >= 0.3 is 12.2 Å². The van der Waals surface area contributed by atoms with Crippen LogP contribution in [0.25, 0.3) is 5.57 Å². The number of amides is 4. The van der Waals surface area contributed by atoms with Crippen LogP contribution in [-0.2, 0) is 13.9 Å². The van der Waals surface area contributed by atoms with Gasteiger partial charge in [0.1, 0.15) is 13.2 Å². The lowest BCUT2D eigenvalue weighted by atomic mass is 9.88. The number of piperidine rings is 1. The fourth-order valence-corrected chi connectivity index (χ4v) is 13.0. The average Bonchev–Trinajstić information content (AvgIpc) is 4.49. The molecular formula is C61H79N5O11Si. The number of methoxy groups -OCH3 is 2. The number of ether oxygens (including phenoxy) is 6. The van der Waals surface area contributed by atoms with Crippen LogP contribution in [0.5, 0.6) is 23.0 Å². The van der Waals surface area contributed by atoms with Crippen molar-refractivity contribution in [2.24, 2.45) is 5.41 Å². The van der Waals surface area contributed by atoms with E-state index in [2.05, 4.69) is 76.2 Å². The molecule has 2 saturated carbocycles. The van der Waals surface area contributed by atoms with Crippen molar-refractivity contribution in [3.8, 4) is 23.0 Å². The summed E-state index contributed by atoms with van der Waals surface area (Å²) < 4.78 is 43.0. The first-order chi connectivity index (χ1) is 37.5. The van der Waals surface area contributed by atoms with Crippen LogP contribution in [-0.4, -0.2) is 138 Å². The first-order valence-electron chi connectivity index (χ1n) is 28.1. The lowest BCUT2D eigenvalue weighted by Crippen LogP contribution is -2.58. The van der Waals surface area contributed by atoms with E-state index in [0.717, 1.165) is 36.4 Å². The first kappa shape index (κ1) is 55.0. The maximum absolute atomic E-state index is 14.7. The Kier molecular flexibility index (Phi) is 15.8. The van der Waals surface area contributed by atoms with Gasteiger partial charge in [-0.3, -0.25) is 14.5 Å². The molecule has 7 aliphatic rings. The van der Waals surface area contributed by atoms with Crippen molar-refractivity contribution in [2.45, 2.75) is 140 Å². The van der Waals surface area contributed by atoms with Crippen molar-refractivity contribution in [3.63, 3.8) is 0 Å². The van der Waals surface area contributed by atoms with Crippen LogP contribution >= 0.6 is 0 Å². The summed E-state index contributed by atoms with van der Waals surface area (Å²) in [7, 11) is 0.541. The predicted molar refractivity (Wildman–Crippen MR) is 302 cm³/mol. The predicted octanol–water partition coefficient (Wildman–Crippen LogP) is 11.6. The molecule has 1 spiro atoms. The van der Waals surface area contributed by atoms with Crippen LogP contribution in [0.2, 0.25) is 18.1 Å². The molecular weight excluding hydrogens is 1010 g/mol. The summed E-state index contributed by atoms with van der Waals surface area (Å²) in [6, 6.07) is 15.7. The molecule has 4 amide bonds. The van der Waals surface area contributed by atoms with Crippen LogP contribution in [0, 0.1) is 5.41 Å². The molecule has 0 N–H and O–H groups in total. The number of unbranched alkanes of at least 4 members (excludes halogenated alkanes) is 2. The number of rotatable bonds is 19. The monoisotopic (exact) mass is 1090 g/mol. The number of benzene rings is 3. The van der Waals surface area contributed by atoms with E-state index in [1.807, 2.05) is 11.1 Å². The van der Waals surface area contributed by atoms with Crippen LogP contribution in [0.1, 0.15) is 129 Å². The summed E-state index contributed by atoms with van der Waals surface area (Å²) >= 11 is 0. The van der Waals surface area contributed by atoms with Gasteiger partial charge in [-0.25, -0.2) is 14.5 Å². The molecule has 3 aromatic rings. The highest BCUT2D eigenvalue weighted by molar-refractivity contribution is 6.74. The fourth-order valence-electron chi connectivity index (χ4n) is 11.8. The molecule has 4 fully saturated rings. The molecule has 2 saturated heterocycles. The summed E-state index contributed by atoms with van der Waals surface area (Å²) in [5.41, 5.74) is 4.86. The van der Waals surface area contributed by atoms with Crippen molar-refractivity contribution in [1.29, 1.82) is 0 Å². The standard InChI is InChI=1S/C61H79N5O11Si/c1-10-27-75-58(69)64-38-45-31-43(41-17-15-40(16-18-41)42-21-25-62(26-22-42)44-19-20-44)37-63(45)55(67)46-32-51(71-6)53(34-48(46)64)73-29-13-12-14-30-74-54-35-49-47(33-52(54)72-7)56(68)65-39-61(23-24-61)36-50(65)57(66(49)59(70)76-28-11-2)77-78(8,9)60(3,4)5/h10-11,15-18,32-35,37,42,44-45,50,57H,1-2,12-14,19-31,36,38-39H2,3-9H3/t45-,50-,57?/m0/s1. The van der Waals surface area contributed by atoms with E-state index in [0.29, 0.717) is 96.9 Å². The molecule has 16 nitrogen and oxygen atoms in total. The second kappa shape index (κ2) is 22.4. The minimum absolute atomic E-state index is 0.0112. The minimum Gasteiger partial charge on any atom is -0.493 e. The zero-order chi connectivity index (χ0) is 55.1. The van der Waals surface area contributed by atoms with Crippen molar-refractivity contribution < 1.29 is 52.0 Å². The molecule has 0 bridgehead atoms. The van der Waals surface area contributed by atoms with Gasteiger partial charge in [0.25, 0.3) is 11.8 Å². The van der Waals surface area contributed by atoms with Crippen LogP contribution in [0.15, 0.2) is 80.0 Å². The van der Waals surface area contributed by atoms with E-state index >= 15 is 0 Å². The normalized spacial score (nSPS) is 21.9. The van der Waals surface area contributed by atoms with Crippen LogP contribution in [0.3, 0.4) is 0 Å². The topological polar surface area (TPSA) is 149 Å². The summed E-state index contributed by atoms with van der Waals surface area (Å²) in [4.78, 5) is 66.8. The summed E-state index contributed by atoms with van der Waals surface area (Å²) in [5.74, 6) is 1.65. The highest BCUT2D eigenvalue weighted by Gasteiger charge is 2.60. The van der Waals surface area contributed by atoms with E-state index in [9.17, 15) is 19.2 Å². The number of carbonyl (C=O) groups is 4. The fraction of sp³-hybridized carbons (Fsp3) is 0.541. The van der Waals surface area contributed by atoms with Gasteiger partial charge in [0, 0.05) is 30.9 Å². The quantitative estimate of drug-likeness (QED) is 0.0639. The average molecular weight is 1090 g/mol. The van der Waals surface area contributed by atoms with Crippen molar-refractivity contribution in [1.82, 2.24) is 14.7 Å². The molecule has 5 aliphatic heterocycles. The maximum atomic E-state index is 14.7. The van der Waals surface area contributed by atoms with Gasteiger partial charge in [-0.15, -0.1) is 0 Å². The molecule has 3 aromatic carbocycles. The largest absolute Gasteiger partial charge is 0.493 e. The maximum Gasteiger partial charge on any atom is 0.416 e. The summed E-state index contributed by atoms with van der Waals surface area (Å²) in [6.45, 7) is 22.1. The van der Waals surface area contributed by atoms with E-state index in [1.54, 1.807) is 29.2 Å². The van der Waals surface area contributed by atoms with E-state index in [1.165, 1.54) is 80.5 Å². The number of fused-ring (bicyclic) bond motifs is 4. The second-order valence-corrected chi connectivity index (χ2v) is 28.6. The van der Waals surface area contributed by atoms with Gasteiger partial charge in [0.2, 0.25) is 0 Å². The van der Waals surface area contributed by atoms with Crippen molar-refractivity contribution in [2.75, 3.05) is 76.6 Å². The van der Waals surface area contributed by atoms with Crippen molar-refractivity contribution in [3.05, 3.63) is 102 Å². The molecule has 17 heteroatoms. The Morgan fingerprint density at radius 2 is 1.36 bits per heavy atom. The van der Waals surface area contributed by atoms with E-state index in [-0.39, 0.29) is 54.1 Å². The Morgan fingerprint density at radius 3 is 1.94 bits per heavy atom. The molecule has 418 valence electrons. The third-order valence-electron chi connectivity index (χ3n) is 17.6. The second-order valence-electron chi connectivity index (χ2n) is 23.9. The zero-order valence-corrected chi connectivity index (χ0v) is 47.8. The SMILES string of the molecule is C=CCOC(=O)N1C[C@@H]2CC(c3ccc(C4CCN(C5CC5)CC4)cc3)=CN2C(=O)c2cc(OC)c(OCCCCCOc3cc4c(cc3OC)C(=O)N3CC5(CC5)C[C@H]3C(O[Si](C)(C)C(C)(C)C)N4C(=O)OCC=C)cc21. The lowest BCUT2D eigenvalue weighted by molar-refractivity contribution is 0.0528. The van der Waals surface area contributed by atoms with Gasteiger partial charge in [0.15, 0.2) is 37.5 Å². The van der Waals surface area contributed by atoms with Gasteiger partial charge in [-0.1, -0.05) is 70.3 Å². The van der Waals surface area contributed by atoms with E-state index < -0.39 is 26.7 Å². The Bertz CT molecular complexity index is 2810. The summed E-state index contributed by atoms with van der Waals surface area (Å²) in [5, 5.41) is -0.181. The minimum atomic E-state index is -2.53. The number of carbonyl (C=O) groups excluding carboxylic acids is 4. The third-order valence-corrected chi connectivity index (χ3v) is 22.1. The molecule has 78 heavy (non-hydrogen) atoms. The van der Waals surface area contributed by atoms with Crippen molar-refractivity contribution >= 4 is 49.3 Å². The number of nitrogens with zero attached hydrogens (tertiary/aromatic N) is 5. The van der Waals surface area contributed by atoms with Gasteiger partial charge in [0.05, 0.1) is 68.6 Å². The molecule has 2 aliphatic carbocycles. The highest BCUT2D eigenvalue weighted by atomic mass is 28.4. The van der Waals surface area contributed by atoms with Crippen LogP contribution in [0.4, 0.5) is 21.0 Å². The Labute approximate surface area is 461 Å². The molecule has 5 heterocycles. The Balaban J connectivity index is 0.814. The van der Waals surface area contributed by atoms with E-state index in [4.69, 9.17) is 32.8 Å². The molecule has 10 rings (SSSR count). The zero-order valence-electron chi connectivity index (χ0n) is 46.8. The van der Waals surface area contributed by atoms with Gasteiger partial charge < -0.3 is 47.5 Å². The number of anilines is 2. The highest BCUT2D eigenvalue weighted by Crippen LogP contribution is 2.58. The van der Waals surface area contributed by atoms with Gasteiger partial charge in [-0.05, 0) is 142 Å². The molecule has 3 atom stereocenters. The Hall–Kier alpha value is -6.30. The first-order valence-corrected chi connectivity index (χ1v) is 31.1. The van der Waals surface area contributed by atoms with Crippen LogP contribution < -0.4 is 28.7 Å². The third kappa shape index (κ3) is 11.2. The number of likely N-dealkylation sites (tertiary alicyclic amines) is 1. The number of hydrogen-bond donors (Lipinski definition) is 0. The molecule has 1 unspecified atom stereocenters. The van der Waals surface area contributed by atoms with Gasteiger partial charge in [-0.2, -0.15) is 0 Å².